The van der Waals surface area contributed by atoms with Crippen LogP contribution < -0.4 is 4.74 Å². The quantitative estimate of drug-likeness (QED) is 0.678. The SMILES string of the molecule is Cc1cc(COc2ccc(Cl)cc2Cc2ccccc2)no1. The minimum absolute atomic E-state index is 0.376. The predicted molar refractivity (Wildman–Crippen MR) is 86.3 cm³/mol. The van der Waals surface area contributed by atoms with Crippen LogP contribution in [0.15, 0.2) is 59.1 Å². The van der Waals surface area contributed by atoms with Crippen molar-refractivity contribution in [2.75, 3.05) is 0 Å². The molecule has 0 aliphatic rings. The summed E-state index contributed by atoms with van der Waals surface area (Å²) in [6.07, 6.45) is 0.772. The number of nitrogens with zero attached hydrogens (tertiary/aromatic N) is 1. The lowest BCUT2D eigenvalue weighted by Crippen LogP contribution is -1.99. The molecule has 0 radical (unpaired) electrons. The first-order valence-corrected chi connectivity index (χ1v) is 7.46. The number of ether oxygens (including phenoxy) is 1. The Balaban J connectivity index is 1.78. The van der Waals surface area contributed by atoms with Crippen molar-refractivity contribution in [3.8, 4) is 5.75 Å². The van der Waals surface area contributed by atoms with Gasteiger partial charge >= 0.3 is 0 Å². The molecule has 112 valence electrons. The summed E-state index contributed by atoms with van der Waals surface area (Å²) in [7, 11) is 0. The Morgan fingerprint density at radius 3 is 2.64 bits per heavy atom. The van der Waals surface area contributed by atoms with E-state index in [1.807, 2.05) is 49.4 Å². The van der Waals surface area contributed by atoms with E-state index in [1.54, 1.807) is 0 Å². The van der Waals surface area contributed by atoms with E-state index in [0.29, 0.717) is 11.6 Å². The van der Waals surface area contributed by atoms with Crippen LogP contribution in [0.1, 0.15) is 22.6 Å². The molecule has 0 spiro atoms. The molecule has 0 amide bonds. The highest BCUT2D eigenvalue weighted by Gasteiger charge is 2.08. The smallest absolute Gasteiger partial charge is 0.134 e. The van der Waals surface area contributed by atoms with Gasteiger partial charge in [0, 0.05) is 17.5 Å². The molecule has 22 heavy (non-hydrogen) atoms. The summed E-state index contributed by atoms with van der Waals surface area (Å²) in [5, 5.41) is 4.64. The molecule has 1 aromatic heterocycles. The van der Waals surface area contributed by atoms with Crippen molar-refractivity contribution in [3.63, 3.8) is 0 Å². The second-order valence-corrected chi connectivity index (χ2v) is 5.57. The van der Waals surface area contributed by atoms with Crippen LogP contribution in [-0.2, 0) is 13.0 Å². The van der Waals surface area contributed by atoms with E-state index in [9.17, 15) is 0 Å². The average Bonchev–Trinajstić information content (AvgIpc) is 2.93. The van der Waals surface area contributed by atoms with Crippen LogP contribution >= 0.6 is 11.6 Å². The fourth-order valence-corrected chi connectivity index (χ4v) is 2.48. The van der Waals surface area contributed by atoms with Crippen LogP contribution in [0.5, 0.6) is 5.75 Å². The molecule has 1 heterocycles. The molecule has 3 aromatic rings. The summed E-state index contributed by atoms with van der Waals surface area (Å²) < 4.78 is 10.9. The maximum absolute atomic E-state index is 6.12. The molecule has 0 N–H and O–H groups in total. The zero-order valence-electron chi connectivity index (χ0n) is 12.3. The summed E-state index contributed by atoms with van der Waals surface area (Å²) in [4.78, 5) is 0. The minimum Gasteiger partial charge on any atom is -0.487 e. The van der Waals surface area contributed by atoms with E-state index < -0.39 is 0 Å². The molecule has 0 saturated heterocycles. The van der Waals surface area contributed by atoms with Crippen LogP contribution in [0.25, 0.3) is 0 Å². The number of aromatic nitrogens is 1. The van der Waals surface area contributed by atoms with E-state index in [4.69, 9.17) is 20.9 Å². The van der Waals surface area contributed by atoms with Crippen LogP contribution in [0.3, 0.4) is 0 Å². The molecule has 0 fully saturated rings. The van der Waals surface area contributed by atoms with Crippen LogP contribution in [-0.4, -0.2) is 5.16 Å². The van der Waals surface area contributed by atoms with Gasteiger partial charge in [-0.3, -0.25) is 0 Å². The number of hydrogen-bond acceptors (Lipinski definition) is 3. The average molecular weight is 314 g/mol. The highest BCUT2D eigenvalue weighted by molar-refractivity contribution is 6.30. The minimum atomic E-state index is 0.376. The summed E-state index contributed by atoms with van der Waals surface area (Å²) in [5.74, 6) is 1.59. The lowest BCUT2D eigenvalue weighted by molar-refractivity contribution is 0.285. The Morgan fingerprint density at radius 1 is 1.09 bits per heavy atom. The van der Waals surface area contributed by atoms with Gasteiger partial charge in [-0.15, -0.1) is 0 Å². The van der Waals surface area contributed by atoms with Crippen molar-refractivity contribution >= 4 is 11.6 Å². The molecule has 0 bridgehead atoms. The Kier molecular flexibility index (Phi) is 4.45. The number of aryl methyl sites for hydroxylation is 1. The zero-order valence-corrected chi connectivity index (χ0v) is 13.0. The Bertz CT molecular complexity index is 753. The first-order chi connectivity index (χ1) is 10.7. The van der Waals surface area contributed by atoms with Crippen LogP contribution in [0.2, 0.25) is 5.02 Å². The number of halogens is 1. The van der Waals surface area contributed by atoms with Crippen molar-refractivity contribution in [3.05, 3.63) is 82.2 Å². The van der Waals surface area contributed by atoms with E-state index >= 15 is 0 Å². The van der Waals surface area contributed by atoms with Gasteiger partial charge in [0.1, 0.15) is 23.8 Å². The van der Waals surface area contributed by atoms with Crippen LogP contribution in [0.4, 0.5) is 0 Å². The Morgan fingerprint density at radius 2 is 1.91 bits per heavy atom. The van der Waals surface area contributed by atoms with E-state index in [1.165, 1.54) is 5.56 Å². The molecule has 0 atom stereocenters. The van der Waals surface area contributed by atoms with Gasteiger partial charge in [-0.05, 0) is 36.2 Å². The summed E-state index contributed by atoms with van der Waals surface area (Å²) in [5.41, 5.74) is 3.05. The van der Waals surface area contributed by atoms with Gasteiger partial charge in [0.2, 0.25) is 0 Å². The molecule has 0 aliphatic heterocycles. The van der Waals surface area contributed by atoms with Crippen molar-refractivity contribution < 1.29 is 9.26 Å². The Hall–Kier alpha value is -2.26. The predicted octanol–water partition coefficient (Wildman–Crippen LogP) is 4.81. The molecule has 3 rings (SSSR count). The normalized spacial score (nSPS) is 10.6. The third kappa shape index (κ3) is 3.68. The monoisotopic (exact) mass is 313 g/mol. The largest absolute Gasteiger partial charge is 0.487 e. The summed E-state index contributed by atoms with van der Waals surface area (Å²) in [6, 6.07) is 17.8. The molecule has 0 saturated carbocycles. The number of rotatable bonds is 5. The third-order valence-corrected chi connectivity index (χ3v) is 3.55. The molecule has 0 unspecified atom stereocenters. The maximum atomic E-state index is 6.12. The van der Waals surface area contributed by atoms with Gasteiger partial charge in [0.25, 0.3) is 0 Å². The topological polar surface area (TPSA) is 35.3 Å². The highest BCUT2D eigenvalue weighted by Crippen LogP contribution is 2.26. The maximum Gasteiger partial charge on any atom is 0.134 e. The fourth-order valence-electron chi connectivity index (χ4n) is 2.28. The lowest BCUT2D eigenvalue weighted by atomic mass is 10.0. The fraction of sp³-hybridized carbons (Fsp3) is 0.167. The van der Waals surface area contributed by atoms with E-state index in [2.05, 4.69) is 17.3 Å². The Labute approximate surface area is 134 Å². The lowest BCUT2D eigenvalue weighted by Gasteiger charge is -2.11. The standard InChI is InChI=1S/C18H16ClNO2/c1-13-9-17(20-22-13)12-21-18-8-7-16(19)11-15(18)10-14-5-3-2-4-6-14/h2-9,11H,10,12H2,1H3. The van der Waals surface area contributed by atoms with Crippen molar-refractivity contribution in [1.29, 1.82) is 0 Å². The summed E-state index contributed by atoms with van der Waals surface area (Å²) in [6.45, 7) is 2.24. The molecule has 4 heteroatoms. The molecule has 2 aromatic carbocycles. The highest BCUT2D eigenvalue weighted by atomic mass is 35.5. The molecular formula is C18H16ClNO2. The second-order valence-electron chi connectivity index (χ2n) is 5.13. The first kappa shape index (κ1) is 14.7. The van der Waals surface area contributed by atoms with Crippen molar-refractivity contribution in [2.24, 2.45) is 0 Å². The summed E-state index contributed by atoms with van der Waals surface area (Å²) >= 11 is 6.12. The first-order valence-electron chi connectivity index (χ1n) is 7.08. The van der Waals surface area contributed by atoms with E-state index in [0.717, 1.165) is 29.2 Å². The van der Waals surface area contributed by atoms with Crippen LogP contribution in [0, 0.1) is 6.92 Å². The number of hydrogen-bond donors (Lipinski definition) is 0. The van der Waals surface area contributed by atoms with Gasteiger partial charge in [0.05, 0.1) is 0 Å². The zero-order chi connectivity index (χ0) is 15.4. The van der Waals surface area contributed by atoms with Gasteiger partial charge in [-0.1, -0.05) is 47.1 Å². The van der Waals surface area contributed by atoms with Gasteiger partial charge in [-0.2, -0.15) is 0 Å². The van der Waals surface area contributed by atoms with Crippen molar-refractivity contribution in [1.82, 2.24) is 5.16 Å². The molecular weight excluding hydrogens is 298 g/mol. The number of benzene rings is 2. The second kappa shape index (κ2) is 6.67. The van der Waals surface area contributed by atoms with E-state index in [-0.39, 0.29) is 0 Å². The molecule has 3 nitrogen and oxygen atoms in total. The van der Waals surface area contributed by atoms with Gasteiger partial charge < -0.3 is 9.26 Å². The third-order valence-electron chi connectivity index (χ3n) is 3.31. The van der Waals surface area contributed by atoms with Crippen molar-refractivity contribution in [2.45, 2.75) is 20.0 Å². The van der Waals surface area contributed by atoms with Gasteiger partial charge in [-0.25, -0.2) is 0 Å². The van der Waals surface area contributed by atoms with Gasteiger partial charge in [0.15, 0.2) is 0 Å². The molecule has 0 aliphatic carbocycles.